The Hall–Kier alpha value is -1.35. The van der Waals surface area contributed by atoms with Crippen molar-refractivity contribution >= 4 is 28.9 Å². The first-order valence-corrected chi connectivity index (χ1v) is 6.29. The minimum Gasteiger partial charge on any atom is -0.329 e. The molecule has 4 heteroatoms. The molecule has 0 radical (unpaired) electrons. The van der Waals surface area contributed by atoms with E-state index in [-0.39, 0.29) is 0 Å². The number of aldehydes is 1. The summed E-state index contributed by atoms with van der Waals surface area (Å²) in [5.41, 5.74) is 1.46. The molecule has 0 spiro atoms. The van der Waals surface area contributed by atoms with Gasteiger partial charge in [0, 0.05) is 23.2 Å². The van der Waals surface area contributed by atoms with Crippen LogP contribution in [0.3, 0.4) is 0 Å². The van der Waals surface area contributed by atoms with Gasteiger partial charge < -0.3 is 4.57 Å². The van der Waals surface area contributed by atoms with Gasteiger partial charge in [-0.3, -0.25) is 4.79 Å². The lowest BCUT2D eigenvalue weighted by atomic mass is 10.2. The molecule has 0 aromatic carbocycles. The summed E-state index contributed by atoms with van der Waals surface area (Å²) in [6.07, 6.45) is 7.78. The average molecular weight is 249 g/mol. The van der Waals surface area contributed by atoms with Gasteiger partial charge >= 0.3 is 0 Å². The first kappa shape index (κ1) is 10.8. The molecule has 2 aromatic rings. The summed E-state index contributed by atoms with van der Waals surface area (Å²) in [6, 6.07) is 4.09. The smallest absolute Gasteiger partial charge is 0.150 e. The zero-order chi connectivity index (χ0) is 11.8. The fourth-order valence-corrected chi connectivity index (χ4v) is 2.89. The minimum atomic E-state index is 0.387. The molecular weight excluding hydrogens is 236 g/mol. The zero-order valence-electron chi connectivity index (χ0n) is 9.40. The Labute approximate surface area is 104 Å². The van der Waals surface area contributed by atoms with E-state index in [1.165, 1.54) is 25.7 Å². The van der Waals surface area contributed by atoms with Gasteiger partial charge in [-0.2, -0.15) is 0 Å². The Morgan fingerprint density at radius 1 is 1.41 bits per heavy atom. The van der Waals surface area contributed by atoms with E-state index in [1.807, 2.05) is 12.3 Å². The second-order valence-electron chi connectivity index (χ2n) is 4.55. The van der Waals surface area contributed by atoms with E-state index < -0.39 is 0 Å². The molecule has 3 nitrogen and oxygen atoms in total. The number of aromatic nitrogens is 2. The van der Waals surface area contributed by atoms with Crippen molar-refractivity contribution in [3.05, 3.63) is 29.0 Å². The van der Waals surface area contributed by atoms with Crippen molar-refractivity contribution in [3.63, 3.8) is 0 Å². The molecule has 1 aliphatic carbocycles. The van der Waals surface area contributed by atoms with Crippen molar-refractivity contribution in [1.29, 1.82) is 0 Å². The Morgan fingerprint density at radius 2 is 2.18 bits per heavy atom. The first-order valence-electron chi connectivity index (χ1n) is 5.92. The lowest BCUT2D eigenvalue weighted by molar-refractivity contribution is 0.112. The van der Waals surface area contributed by atoms with Crippen LogP contribution in [-0.2, 0) is 0 Å². The molecule has 0 saturated heterocycles. The van der Waals surface area contributed by atoms with Crippen LogP contribution in [0.4, 0.5) is 0 Å². The maximum absolute atomic E-state index is 11.0. The molecule has 2 heterocycles. The molecule has 17 heavy (non-hydrogen) atoms. The number of hydrogen-bond acceptors (Lipinski definition) is 2. The normalized spacial score (nSPS) is 16.8. The molecule has 1 saturated carbocycles. The number of hydrogen-bond donors (Lipinski definition) is 0. The second kappa shape index (κ2) is 4.15. The van der Waals surface area contributed by atoms with Gasteiger partial charge in [0.2, 0.25) is 0 Å². The molecule has 0 atom stereocenters. The fourth-order valence-electron chi connectivity index (χ4n) is 2.70. The number of halogens is 1. The number of rotatable bonds is 2. The summed E-state index contributed by atoms with van der Waals surface area (Å²) in [5, 5.41) is 1.29. The second-order valence-corrected chi connectivity index (χ2v) is 4.94. The summed E-state index contributed by atoms with van der Waals surface area (Å²) in [4.78, 5) is 15.4. The van der Waals surface area contributed by atoms with Crippen molar-refractivity contribution in [2.24, 2.45) is 0 Å². The summed E-state index contributed by atoms with van der Waals surface area (Å²) >= 11 is 5.95. The number of pyridine rings is 1. The van der Waals surface area contributed by atoms with Gasteiger partial charge in [0.25, 0.3) is 0 Å². The van der Waals surface area contributed by atoms with Crippen LogP contribution < -0.4 is 0 Å². The average Bonchev–Trinajstić information content (AvgIpc) is 2.94. The van der Waals surface area contributed by atoms with E-state index in [0.29, 0.717) is 16.8 Å². The molecule has 1 fully saturated rings. The third-order valence-corrected chi connectivity index (χ3v) is 3.72. The molecule has 0 bridgehead atoms. The van der Waals surface area contributed by atoms with Gasteiger partial charge in [-0.05, 0) is 25.0 Å². The quantitative estimate of drug-likeness (QED) is 0.601. The van der Waals surface area contributed by atoms with Gasteiger partial charge in [-0.25, -0.2) is 4.98 Å². The van der Waals surface area contributed by atoms with Gasteiger partial charge in [0.1, 0.15) is 10.8 Å². The van der Waals surface area contributed by atoms with Crippen LogP contribution in [0.25, 0.3) is 11.0 Å². The first-order chi connectivity index (χ1) is 8.29. The van der Waals surface area contributed by atoms with Crippen molar-refractivity contribution in [2.45, 2.75) is 31.7 Å². The van der Waals surface area contributed by atoms with Crippen molar-refractivity contribution < 1.29 is 4.79 Å². The van der Waals surface area contributed by atoms with Gasteiger partial charge in [0.05, 0.1) is 0 Å². The summed E-state index contributed by atoms with van der Waals surface area (Å²) in [6.45, 7) is 0. The molecular formula is C13H13ClN2O. The van der Waals surface area contributed by atoms with Crippen molar-refractivity contribution in [3.8, 4) is 0 Å². The SMILES string of the molecule is O=Cc1cc(Cl)nc2c1ccn2C1CCCC1. The summed E-state index contributed by atoms with van der Waals surface area (Å²) < 4.78 is 2.17. The monoisotopic (exact) mass is 248 g/mol. The summed E-state index contributed by atoms with van der Waals surface area (Å²) in [7, 11) is 0. The molecule has 0 amide bonds. The van der Waals surface area contributed by atoms with E-state index in [1.54, 1.807) is 6.07 Å². The standard InChI is InChI=1S/C13H13ClN2O/c14-12-7-9(8-17)11-5-6-16(13(11)15-12)10-3-1-2-4-10/h5-8,10H,1-4H2. The Kier molecular flexibility index (Phi) is 2.63. The number of nitrogens with zero attached hydrogens (tertiary/aromatic N) is 2. The van der Waals surface area contributed by atoms with Crippen LogP contribution in [0.5, 0.6) is 0 Å². The predicted molar refractivity (Wildman–Crippen MR) is 67.6 cm³/mol. The van der Waals surface area contributed by atoms with Crippen molar-refractivity contribution in [2.75, 3.05) is 0 Å². The van der Waals surface area contributed by atoms with Gasteiger partial charge in [0.15, 0.2) is 6.29 Å². The van der Waals surface area contributed by atoms with E-state index >= 15 is 0 Å². The molecule has 0 N–H and O–H groups in total. The van der Waals surface area contributed by atoms with Crippen LogP contribution in [0.15, 0.2) is 18.3 Å². The van der Waals surface area contributed by atoms with Crippen LogP contribution in [0.2, 0.25) is 5.15 Å². The van der Waals surface area contributed by atoms with Crippen molar-refractivity contribution in [1.82, 2.24) is 9.55 Å². The molecule has 88 valence electrons. The summed E-state index contributed by atoms with van der Waals surface area (Å²) in [5.74, 6) is 0. The highest BCUT2D eigenvalue weighted by atomic mass is 35.5. The highest BCUT2D eigenvalue weighted by molar-refractivity contribution is 6.30. The molecule has 0 aliphatic heterocycles. The molecule has 0 unspecified atom stereocenters. The number of fused-ring (bicyclic) bond motifs is 1. The van der Waals surface area contributed by atoms with Crippen LogP contribution >= 0.6 is 11.6 Å². The topological polar surface area (TPSA) is 34.9 Å². The Morgan fingerprint density at radius 3 is 2.88 bits per heavy atom. The fraction of sp³-hybridized carbons (Fsp3) is 0.385. The van der Waals surface area contributed by atoms with E-state index in [4.69, 9.17) is 11.6 Å². The van der Waals surface area contributed by atoms with E-state index in [9.17, 15) is 4.79 Å². The predicted octanol–water partition coefficient (Wildman–Crippen LogP) is 3.62. The lowest BCUT2D eigenvalue weighted by Crippen LogP contribution is -2.04. The number of carbonyl (C=O) groups is 1. The largest absolute Gasteiger partial charge is 0.329 e. The van der Waals surface area contributed by atoms with Gasteiger partial charge in [-0.1, -0.05) is 24.4 Å². The minimum absolute atomic E-state index is 0.387. The van der Waals surface area contributed by atoms with Crippen LogP contribution in [0, 0.1) is 0 Å². The number of carbonyl (C=O) groups excluding carboxylic acids is 1. The Bertz CT molecular complexity index is 570. The van der Waals surface area contributed by atoms with Crippen LogP contribution in [-0.4, -0.2) is 15.8 Å². The molecule has 3 rings (SSSR count). The van der Waals surface area contributed by atoms with E-state index in [2.05, 4.69) is 9.55 Å². The third kappa shape index (κ3) is 1.75. The zero-order valence-corrected chi connectivity index (χ0v) is 10.2. The molecule has 2 aromatic heterocycles. The highest BCUT2D eigenvalue weighted by Crippen LogP contribution is 2.33. The third-order valence-electron chi connectivity index (χ3n) is 3.53. The van der Waals surface area contributed by atoms with E-state index in [0.717, 1.165) is 17.3 Å². The van der Waals surface area contributed by atoms with Gasteiger partial charge in [-0.15, -0.1) is 0 Å². The maximum Gasteiger partial charge on any atom is 0.150 e. The highest BCUT2D eigenvalue weighted by Gasteiger charge is 2.19. The molecule has 1 aliphatic rings. The Balaban J connectivity index is 2.20. The van der Waals surface area contributed by atoms with Crippen LogP contribution in [0.1, 0.15) is 42.1 Å². The lowest BCUT2D eigenvalue weighted by Gasteiger charge is -2.12. The maximum atomic E-state index is 11.0.